The van der Waals surface area contributed by atoms with Crippen LogP contribution in [0.1, 0.15) is 118 Å². The van der Waals surface area contributed by atoms with Crippen LogP contribution in [0.3, 0.4) is 0 Å². The zero-order valence-corrected chi connectivity index (χ0v) is 56.9. The van der Waals surface area contributed by atoms with E-state index in [1.807, 2.05) is 52.0 Å². The Labute approximate surface area is 557 Å². The smallest absolute Gasteiger partial charge is 0.407 e. The summed E-state index contributed by atoms with van der Waals surface area (Å²) < 4.78 is 115. The van der Waals surface area contributed by atoms with E-state index in [9.17, 15) is 69.8 Å². The van der Waals surface area contributed by atoms with Gasteiger partial charge in [-0.1, -0.05) is 52.0 Å². The Morgan fingerprint density at radius 2 is 0.937 bits per heavy atom. The summed E-state index contributed by atoms with van der Waals surface area (Å²) in [5.74, 6) is -8.77. The highest BCUT2D eigenvalue weighted by Crippen LogP contribution is 2.29. The van der Waals surface area contributed by atoms with E-state index in [0.717, 1.165) is 27.8 Å². The summed E-state index contributed by atoms with van der Waals surface area (Å²) >= 11 is 2.35. The maximum Gasteiger partial charge on any atom is 0.407 e. The number of rotatable bonds is 25. The molecule has 0 aliphatic carbocycles. The average Bonchev–Trinajstić information content (AvgIpc) is 2.23. The van der Waals surface area contributed by atoms with Gasteiger partial charge in [-0.3, -0.25) is 14.4 Å². The van der Waals surface area contributed by atoms with Crippen LogP contribution in [0.2, 0.25) is 0 Å². The molecular weight excluding hydrogens is 1290 g/mol. The molecule has 21 nitrogen and oxygen atoms in total. The number of hydrogen-bond acceptors (Lipinski definition) is 17. The fourth-order valence-electron chi connectivity index (χ4n) is 9.12. The Kier molecular flexibility index (Phi) is 31.3. The van der Waals surface area contributed by atoms with E-state index in [1.165, 1.54) is 16.7 Å². The van der Waals surface area contributed by atoms with Gasteiger partial charge in [0.1, 0.15) is 34.3 Å². The van der Waals surface area contributed by atoms with E-state index in [-0.39, 0.29) is 80.9 Å². The molecule has 4 aromatic carbocycles. The largest absolute Gasteiger partial charge is 0.479 e. The molecule has 0 spiro atoms. The molecule has 2 fully saturated rings. The van der Waals surface area contributed by atoms with Crippen molar-refractivity contribution < 1.29 is 98.2 Å². The monoisotopic (exact) mass is 1380 g/mol. The number of amides is 5. The van der Waals surface area contributed by atoms with Crippen molar-refractivity contribution in [2.45, 2.75) is 168 Å². The van der Waals surface area contributed by atoms with E-state index in [1.54, 1.807) is 79.7 Å². The lowest BCUT2D eigenvalue weighted by molar-refractivity contribution is -0.154. The Balaban J connectivity index is 0.000000339. The van der Waals surface area contributed by atoms with Crippen LogP contribution in [0.4, 0.5) is 35.9 Å². The van der Waals surface area contributed by atoms with Gasteiger partial charge in [-0.15, -0.1) is 23.5 Å². The van der Waals surface area contributed by atoms with Crippen LogP contribution >= 0.6 is 23.5 Å². The van der Waals surface area contributed by atoms with Crippen LogP contribution in [0.25, 0.3) is 0 Å². The first kappa shape index (κ1) is 79.5. The van der Waals surface area contributed by atoms with Crippen molar-refractivity contribution in [3.05, 3.63) is 130 Å². The van der Waals surface area contributed by atoms with Crippen molar-refractivity contribution >= 4 is 71.3 Å². The highest BCUT2D eigenvalue weighted by Gasteiger charge is 2.38. The third-order valence-corrected chi connectivity index (χ3v) is 16.0. The summed E-state index contributed by atoms with van der Waals surface area (Å²) in [5, 5.41) is 15.1. The predicted octanol–water partition coefficient (Wildman–Crippen LogP) is 10.1. The molecule has 6 rings (SSSR count). The molecule has 0 saturated carbocycles. The van der Waals surface area contributed by atoms with Gasteiger partial charge in [0, 0.05) is 86.6 Å². The molecular formula is C66H86F6N6O15S2. The number of halogens is 6. The molecule has 5 amide bonds. The summed E-state index contributed by atoms with van der Waals surface area (Å²) in [7, 11) is 0. The Morgan fingerprint density at radius 3 is 1.29 bits per heavy atom. The van der Waals surface area contributed by atoms with Gasteiger partial charge in [-0.05, 0) is 127 Å². The van der Waals surface area contributed by atoms with Crippen molar-refractivity contribution in [2.75, 3.05) is 37.8 Å². The SMILES string of the molecule is CC(C)(C)OC(=O)N[C@@H](CC(=O)N1CCS[C@@H]1C(=O)O)Cc1cc(F)c(F)cc1F.CCOC(=O)[C@H](Oc1ccc(CN)cc1)C(C)C.CCOC(=O)[C@H](Oc1ccc(CNC(=O)[C@H]2SCCN2C(=O)C[C@@H](Cc2cc(F)c(F)cc2F)NC(=O)OC(C)(C)C)cc1)C(C)C. The molecule has 29 heteroatoms. The van der Waals surface area contributed by atoms with Crippen LogP contribution in [0.5, 0.6) is 11.5 Å². The summed E-state index contributed by atoms with van der Waals surface area (Å²) in [4.78, 5) is 102. The molecule has 0 aromatic heterocycles. The van der Waals surface area contributed by atoms with Crippen LogP contribution in [0.15, 0.2) is 72.8 Å². The van der Waals surface area contributed by atoms with Crippen LogP contribution in [-0.2, 0) is 73.6 Å². The van der Waals surface area contributed by atoms with Crippen LogP contribution in [0, 0.1) is 46.7 Å². The number of thioether (sulfide) groups is 2. The van der Waals surface area contributed by atoms with Crippen molar-refractivity contribution in [1.29, 1.82) is 0 Å². The number of carboxylic acid groups (broad SMARTS) is 1. The number of nitrogens with two attached hydrogens (primary N) is 1. The Bertz CT molecular complexity index is 3250. The zero-order chi connectivity index (χ0) is 71.1. The van der Waals surface area contributed by atoms with Gasteiger partial charge in [0.2, 0.25) is 11.8 Å². The number of aliphatic carboxylic acids is 1. The minimum atomic E-state index is -1.36. The fraction of sp³-hybridized carbons (Fsp3) is 0.515. The second kappa shape index (κ2) is 37.4. The van der Waals surface area contributed by atoms with E-state index < -0.39 is 123 Å². The first-order chi connectivity index (χ1) is 44.5. The molecule has 0 unspecified atom stereocenters. The maximum absolute atomic E-state index is 14.5. The molecule has 95 heavy (non-hydrogen) atoms. The number of esters is 2. The molecule has 524 valence electrons. The highest BCUT2D eigenvalue weighted by atomic mass is 32.2. The predicted molar refractivity (Wildman–Crippen MR) is 344 cm³/mol. The molecule has 2 aliphatic rings. The zero-order valence-electron chi connectivity index (χ0n) is 55.3. The fourth-order valence-corrected chi connectivity index (χ4v) is 11.4. The minimum Gasteiger partial charge on any atom is -0.479 e. The van der Waals surface area contributed by atoms with E-state index in [0.29, 0.717) is 60.4 Å². The van der Waals surface area contributed by atoms with Gasteiger partial charge < -0.3 is 65.0 Å². The van der Waals surface area contributed by atoms with Gasteiger partial charge in [0.05, 0.1) is 13.2 Å². The van der Waals surface area contributed by atoms with E-state index in [2.05, 4.69) is 16.0 Å². The van der Waals surface area contributed by atoms with Crippen molar-refractivity contribution in [3.63, 3.8) is 0 Å². The van der Waals surface area contributed by atoms with E-state index >= 15 is 0 Å². The molecule has 6 atom stereocenters. The van der Waals surface area contributed by atoms with Gasteiger partial charge >= 0.3 is 30.1 Å². The second-order valence-corrected chi connectivity index (χ2v) is 26.8. The molecule has 0 bridgehead atoms. The van der Waals surface area contributed by atoms with Crippen molar-refractivity contribution in [3.8, 4) is 11.5 Å². The first-order valence-electron chi connectivity index (χ1n) is 30.7. The summed E-state index contributed by atoms with van der Waals surface area (Å²) in [6, 6.07) is 14.3. The topological polar surface area (TPSA) is 281 Å². The molecule has 4 aromatic rings. The number of carboxylic acids is 1. The highest BCUT2D eigenvalue weighted by molar-refractivity contribution is 8.01. The number of alkyl carbamates (subject to hydrolysis) is 2. The molecule has 2 heterocycles. The van der Waals surface area contributed by atoms with Crippen molar-refractivity contribution in [2.24, 2.45) is 17.6 Å². The molecule has 6 N–H and O–H groups in total. The average molecular weight is 1380 g/mol. The van der Waals surface area contributed by atoms with Gasteiger partial charge in [0.25, 0.3) is 5.91 Å². The van der Waals surface area contributed by atoms with Gasteiger partial charge in [0.15, 0.2) is 46.2 Å². The summed E-state index contributed by atoms with van der Waals surface area (Å²) in [6.45, 7) is 22.6. The molecule has 2 saturated heterocycles. The normalized spacial score (nSPS) is 15.8. The number of carbonyl (C=O) groups is 8. The van der Waals surface area contributed by atoms with Crippen LogP contribution < -0.4 is 31.2 Å². The van der Waals surface area contributed by atoms with Crippen LogP contribution in [-0.4, -0.2) is 147 Å². The quantitative estimate of drug-likeness (QED) is 0.0178. The standard InChI is InChI=1S/C33H42F3N3O7S.C19H23F3N2O5S.C14H21NO3/c1-7-44-31(42)28(19(2)3)45-23-10-8-20(9-11-23)18-37-29(41)30-39(12-13-47-30)27(40)16-22(38-32(43)46-33(4,5)6)14-21-15-25(35)26(36)17-24(21)34;1-19(2,3)29-18(28)23-11(6-10-7-13(21)14(22)9-12(10)20)8-15(25)24-4-5-30-16(24)17(26)27;1-4-17-14(16)13(10(2)3)18-12-7-5-11(9-15)6-8-12/h8-11,15,17,19,22,28,30H,7,12-14,16,18H2,1-6H3,(H,37,41)(H,38,43);7,9,11,16H,4-6,8H2,1-3H3,(H,23,28)(H,26,27);5-8,10,13H,4,9,15H2,1-3H3/t22-,28-,30-;11-,16-;13-/m111/s1. The number of nitrogens with zero attached hydrogens (tertiary/aromatic N) is 2. The number of ether oxygens (including phenoxy) is 6. The lowest BCUT2D eigenvalue weighted by Crippen LogP contribution is -2.48. The lowest BCUT2D eigenvalue weighted by Gasteiger charge is -2.27. The number of hydrogen-bond donors (Lipinski definition) is 5. The summed E-state index contributed by atoms with van der Waals surface area (Å²) in [6.07, 6.45) is -4.48. The Morgan fingerprint density at radius 1 is 0.568 bits per heavy atom. The third kappa shape index (κ3) is 26.7. The lowest BCUT2D eigenvalue weighted by atomic mass is 10.0. The number of nitrogens with one attached hydrogen (secondary N) is 3. The molecule has 2 aliphatic heterocycles. The van der Waals surface area contributed by atoms with Crippen molar-refractivity contribution in [1.82, 2.24) is 25.8 Å². The second-order valence-electron chi connectivity index (χ2n) is 24.5. The molecule has 0 radical (unpaired) electrons. The third-order valence-electron chi connectivity index (χ3n) is 13.6. The van der Waals surface area contributed by atoms with Gasteiger partial charge in [-0.2, -0.15) is 0 Å². The van der Waals surface area contributed by atoms with E-state index in [4.69, 9.17) is 34.2 Å². The number of carbonyl (C=O) groups excluding carboxylic acids is 7. The maximum atomic E-state index is 14.5. The number of benzene rings is 4. The minimum absolute atomic E-state index is 0.0539. The first-order valence-corrected chi connectivity index (χ1v) is 32.8. The van der Waals surface area contributed by atoms with Gasteiger partial charge in [-0.25, -0.2) is 50.3 Å². The summed E-state index contributed by atoms with van der Waals surface area (Å²) in [5.41, 5.74) is 5.11. The Hall–Kier alpha value is -7.92.